The van der Waals surface area contributed by atoms with Crippen LogP contribution in [-0.4, -0.2) is 49.3 Å². The van der Waals surface area contributed by atoms with Crippen molar-refractivity contribution in [2.45, 2.75) is 38.7 Å². The average molecular weight is 243 g/mol. The Morgan fingerprint density at radius 1 is 1.53 bits per heavy atom. The van der Waals surface area contributed by atoms with Gasteiger partial charge in [-0.1, -0.05) is 20.3 Å². The Morgan fingerprint density at radius 3 is 2.88 bits per heavy atom. The van der Waals surface area contributed by atoms with Gasteiger partial charge in [-0.2, -0.15) is 0 Å². The summed E-state index contributed by atoms with van der Waals surface area (Å²) in [6, 6.07) is 0.00743. The van der Waals surface area contributed by atoms with Crippen LogP contribution in [0.1, 0.15) is 33.1 Å². The Hall–Kier alpha value is -0.810. The highest BCUT2D eigenvalue weighted by atomic mass is 16.5. The first kappa shape index (κ1) is 14.3. The van der Waals surface area contributed by atoms with E-state index in [0.29, 0.717) is 26.2 Å². The molecule has 17 heavy (non-hydrogen) atoms. The Labute approximate surface area is 104 Å². The van der Waals surface area contributed by atoms with Crippen LogP contribution < -0.4 is 11.1 Å². The molecule has 5 heteroatoms. The lowest BCUT2D eigenvalue weighted by Crippen LogP contribution is -2.58. The van der Waals surface area contributed by atoms with E-state index in [1.807, 2.05) is 11.8 Å². The third-order valence-corrected chi connectivity index (χ3v) is 3.36. The van der Waals surface area contributed by atoms with Crippen LogP contribution in [0.2, 0.25) is 0 Å². The lowest BCUT2D eigenvalue weighted by molar-refractivity contribution is -0.0930. The van der Waals surface area contributed by atoms with Gasteiger partial charge in [0.25, 0.3) is 0 Å². The molecule has 1 aliphatic heterocycles. The predicted octanol–water partition coefficient (Wildman–Crippen LogP) is 0.936. The molecule has 1 heterocycles. The molecular weight excluding hydrogens is 218 g/mol. The summed E-state index contributed by atoms with van der Waals surface area (Å²) in [5.41, 5.74) is 5.40. The van der Waals surface area contributed by atoms with Gasteiger partial charge in [0.2, 0.25) is 0 Å². The Morgan fingerprint density at radius 2 is 2.29 bits per heavy atom. The maximum absolute atomic E-state index is 11.9. The first-order chi connectivity index (χ1) is 8.17. The number of amides is 2. The van der Waals surface area contributed by atoms with Crippen molar-refractivity contribution in [1.82, 2.24) is 10.2 Å². The van der Waals surface area contributed by atoms with Crippen LogP contribution in [0, 0.1) is 0 Å². The van der Waals surface area contributed by atoms with E-state index in [1.165, 1.54) is 0 Å². The van der Waals surface area contributed by atoms with Crippen molar-refractivity contribution >= 4 is 6.03 Å². The van der Waals surface area contributed by atoms with Gasteiger partial charge >= 0.3 is 6.03 Å². The summed E-state index contributed by atoms with van der Waals surface area (Å²) < 4.78 is 5.72. The second kappa shape index (κ2) is 6.81. The van der Waals surface area contributed by atoms with Crippen molar-refractivity contribution in [3.05, 3.63) is 0 Å². The molecular formula is C12H25N3O2. The minimum absolute atomic E-state index is 0.00743. The molecule has 0 spiro atoms. The van der Waals surface area contributed by atoms with E-state index in [4.69, 9.17) is 10.5 Å². The van der Waals surface area contributed by atoms with Gasteiger partial charge in [0.05, 0.1) is 18.8 Å². The summed E-state index contributed by atoms with van der Waals surface area (Å²) in [4.78, 5) is 13.7. The van der Waals surface area contributed by atoms with Crippen LogP contribution in [0.5, 0.6) is 0 Å². The minimum atomic E-state index is -0.347. The number of nitrogens with zero attached hydrogens (tertiary/aromatic N) is 1. The monoisotopic (exact) mass is 243 g/mol. The zero-order valence-corrected chi connectivity index (χ0v) is 11.0. The van der Waals surface area contributed by atoms with Gasteiger partial charge in [0.1, 0.15) is 0 Å². The highest BCUT2D eigenvalue weighted by molar-refractivity contribution is 5.74. The molecule has 0 aromatic heterocycles. The third-order valence-electron chi connectivity index (χ3n) is 3.36. The molecule has 1 saturated heterocycles. The van der Waals surface area contributed by atoms with Gasteiger partial charge in [-0.05, 0) is 12.8 Å². The highest BCUT2D eigenvalue weighted by Crippen LogP contribution is 2.20. The van der Waals surface area contributed by atoms with E-state index in [2.05, 4.69) is 12.2 Å². The predicted molar refractivity (Wildman–Crippen MR) is 67.9 cm³/mol. The summed E-state index contributed by atoms with van der Waals surface area (Å²) in [7, 11) is 0. The van der Waals surface area contributed by atoms with E-state index < -0.39 is 0 Å². The number of ether oxygens (including phenoxy) is 1. The Bertz CT molecular complexity index is 242. The van der Waals surface area contributed by atoms with Crippen molar-refractivity contribution in [1.29, 1.82) is 0 Å². The zero-order valence-electron chi connectivity index (χ0n) is 11.0. The van der Waals surface area contributed by atoms with Gasteiger partial charge < -0.3 is 20.7 Å². The fourth-order valence-corrected chi connectivity index (χ4v) is 1.98. The maximum Gasteiger partial charge on any atom is 0.317 e. The van der Waals surface area contributed by atoms with Crippen LogP contribution in [0.25, 0.3) is 0 Å². The minimum Gasteiger partial charge on any atom is -0.370 e. The van der Waals surface area contributed by atoms with Crippen LogP contribution in [-0.2, 0) is 4.74 Å². The number of unbranched alkanes of at least 4 members (excludes halogenated alkanes) is 1. The first-order valence-corrected chi connectivity index (χ1v) is 6.54. The van der Waals surface area contributed by atoms with E-state index in [1.54, 1.807) is 0 Å². The topological polar surface area (TPSA) is 67.6 Å². The Kier molecular flexibility index (Phi) is 5.71. The fourth-order valence-electron chi connectivity index (χ4n) is 1.98. The fraction of sp³-hybridized carbons (Fsp3) is 0.917. The van der Waals surface area contributed by atoms with Crippen LogP contribution in [0.3, 0.4) is 0 Å². The number of morpholine rings is 1. The highest BCUT2D eigenvalue weighted by Gasteiger charge is 2.35. The number of hydrogen-bond donors (Lipinski definition) is 2. The molecule has 1 rings (SSSR count). The molecule has 1 aliphatic rings. The number of nitrogens with one attached hydrogen (secondary N) is 1. The number of carbonyl (C=O) groups is 1. The van der Waals surface area contributed by atoms with Crippen molar-refractivity contribution in [2.24, 2.45) is 5.73 Å². The number of urea groups is 1. The van der Waals surface area contributed by atoms with Gasteiger partial charge in [-0.25, -0.2) is 4.79 Å². The SMILES string of the molecule is CCCCNC(=O)N1CCOC(CC)(CN)C1. The standard InChI is InChI=1S/C12H25N3O2/c1-3-5-6-14-11(16)15-7-8-17-12(4-2,9-13)10-15/h3-10,13H2,1-2H3,(H,14,16). The summed E-state index contributed by atoms with van der Waals surface area (Å²) in [5, 5.41) is 2.93. The van der Waals surface area contributed by atoms with Crippen molar-refractivity contribution in [2.75, 3.05) is 32.8 Å². The van der Waals surface area contributed by atoms with Gasteiger partial charge in [0, 0.05) is 19.6 Å². The summed E-state index contributed by atoms with van der Waals surface area (Å²) in [6.07, 6.45) is 2.94. The molecule has 0 radical (unpaired) electrons. The molecule has 100 valence electrons. The second-order valence-electron chi connectivity index (χ2n) is 4.60. The van der Waals surface area contributed by atoms with Crippen molar-refractivity contribution < 1.29 is 9.53 Å². The molecule has 0 aromatic rings. The molecule has 1 fully saturated rings. The van der Waals surface area contributed by atoms with Gasteiger partial charge in [0.15, 0.2) is 0 Å². The molecule has 0 aromatic carbocycles. The van der Waals surface area contributed by atoms with E-state index in [-0.39, 0.29) is 11.6 Å². The lowest BCUT2D eigenvalue weighted by atomic mass is 9.98. The van der Waals surface area contributed by atoms with Gasteiger partial charge in [-0.15, -0.1) is 0 Å². The molecule has 1 atom stereocenters. The number of carbonyl (C=O) groups excluding carboxylic acids is 1. The average Bonchev–Trinajstić information content (AvgIpc) is 2.39. The smallest absolute Gasteiger partial charge is 0.317 e. The molecule has 1 unspecified atom stereocenters. The zero-order chi connectivity index (χ0) is 12.7. The molecule has 5 nitrogen and oxygen atoms in total. The van der Waals surface area contributed by atoms with Crippen LogP contribution in [0.15, 0.2) is 0 Å². The third kappa shape index (κ3) is 3.85. The van der Waals surface area contributed by atoms with Crippen LogP contribution in [0.4, 0.5) is 4.79 Å². The van der Waals surface area contributed by atoms with E-state index in [9.17, 15) is 4.79 Å². The maximum atomic E-state index is 11.9. The van der Waals surface area contributed by atoms with Crippen molar-refractivity contribution in [3.8, 4) is 0 Å². The number of nitrogens with two attached hydrogens (primary N) is 1. The molecule has 2 amide bonds. The quantitative estimate of drug-likeness (QED) is 0.706. The number of hydrogen-bond acceptors (Lipinski definition) is 3. The van der Waals surface area contributed by atoms with Crippen molar-refractivity contribution in [3.63, 3.8) is 0 Å². The van der Waals surface area contributed by atoms with Crippen LogP contribution >= 0.6 is 0 Å². The van der Waals surface area contributed by atoms with E-state index in [0.717, 1.165) is 25.8 Å². The summed E-state index contributed by atoms with van der Waals surface area (Å²) in [6.45, 7) is 7.18. The largest absolute Gasteiger partial charge is 0.370 e. The number of rotatable bonds is 5. The molecule has 3 N–H and O–H groups in total. The van der Waals surface area contributed by atoms with Gasteiger partial charge in [-0.3, -0.25) is 0 Å². The lowest BCUT2D eigenvalue weighted by Gasteiger charge is -2.41. The first-order valence-electron chi connectivity index (χ1n) is 6.54. The Balaban J connectivity index is 2.45. The van der Waals surface area contributed by atoms with E-state index >= 15 is 0 Å². The second-order valence-corrected chi connectivity index (χ2v) is 4.60. The molecule has 0 saturated carbocycles. The summed E-state index contributed by atoms with van der Waals surface area (Å²) in [5.74, 6) is 0. The normalized spacial score (nSPS) is 24.8. The molecule has 0 aliphatic carbocycles. The molecule has 0 bridgehead atoms. The summed E-state index contributed by atoms with van der Waals surface area (Å²) >= 11 is 0.